The fraction of sp³-hybridized carbons (Fsp3) is 0.296. The molecule has 1 amide bonds. The number of halogens is 1. The second kappa shape index (κ2) is 11.4. The van der Waals surface area contributed by atoms with Gasteiger partial charge in [0.1, 0.15) is 11.5 Å². The number of phenols is 2. The van der Waals surface area contributed by atoms with Crippen molar-refractivity contribution in [3.63, 3.8) is 0 Å². The van der Waals surface area contributed by atoms with Crippen molar-refractivity contribution in [3.05, 3.63) is 94.0 Å². The van der Waals surface area contributed by atoms with E-state index in [-0.39, 0.29) is 35.9 Å². The number of rotatable bonds is 10. The third-order valence-corrected chi connectivity index (χ3v) is 5.89. The molecule has 3 aromatic carbocycles. The van der Waals surface area contributed by atoms with Crippen molar-refractivity contribution in [1.82, 2.24) is 10.6 Å². The lowest BCUT2D eigenvalue weighted by Crippen LogP contribution is -2.43. The van der Waals surface area contributed by atoms with Gasteiger partial charge in [-0.15, -0.1) is 0 Å². The number of aliphatic hydroxyl groups is 1. The molecule has 6 nitrogen and oxygen atoms in total. The molecule has 0 aliphatic heterocycles. The highest BCUT2D eigenvalue weighted by Gasteiger charge is 2.20. The molecule has 0 aromatic heterocycles. The molecule has 0 aliphatic carbocycles. The van der Waals surface area contributed by atoms with Crippen LogP contribution in [0.4, 0.5) is 0 Å². The lowest BCUT2D eigenvalue weighted by atomic mass is 9.93. The highest BCUT2D eigenvalue weighted by molar-refractivity contribution is 6.31. The number of benzene rings is 3. The topological polar surface area (TPSA) is 102 Å². The van der Waals surface area contributed by atoms with Gasteiger partial charge in [-0.05, 0) is 60.7 Å². The molecule has 0 bridgehead atoms. The molecule has 7 heteroatoms. The fourth-order valence-electron chi connectivity index (χ4n) is 3.81. The zero-order valence-electron chi connectivity index (χ0n) is 19.4. The molecule has 3 aromatic rings. The quantitative estimate of drug-likeness (QED) is 0.297. The Bertz CT molecular complexity index is 1110. The smallest absolute Gasteiger partial charge is 0.224 e. The first-order chi connectivity index (χ1) is 16.1. The molecule has 0 unspecified atom stereocenters. The molecule has 3 rings (SSSR count). The van der Waals surface area contributed by atoms with Gasteiger partial charge in [0.2, 0.25) is 5.91 Å². The van der Waals surface area contributed by atoms with E-state index < -0.39 is 6.10 Å². The minimum atomic E-state index is -0.884. The van der Waals surface area contributed by atoms with Crippen LogP contribution in [0.1, 0.15) is 42.2 Å². The molecule has 34 heavy (non-hydrogen) atoms. The maximum Gasteiger partial charge on any atom is 0.224 e. The summed E-state index contributed by atoms with van der Waals surface area (Å²) in [7, 11) is 0. The van der Waals surface area contributed by atoms with E-state index >= 15 is 0 Å². The molecule has 5 N–H and O–H groups in total. The van der Waals surface area contributed by atoms with E-state index in [1.165, 1.54) is 18.2 Å². The molecule has 0 radical (unpaired) electrons. The first kappa shape index (κ1) is 25.6. The van der Waals surface area contributed by atoms with E-state index in [1.807, 2.05) is 56.3 Å². The maximum absolute atomic E-state index is 12.4. The molecule has 0 saturated heterocycles. The maximum atomic E-state index is 12.4. The summed E-state index contributed by atoms with van der Waals surface area (Å²) in [5.41, 5.74) is 2.96. The minimum Gasteiger partial charge on any atom is -0.508 e. The predicted molar refractivity (Wildman–Crippen MR) is 134 cm³/mol. The van der Waals surface area contributed by atoms with Crippen molar-refractivity contribution in [3.8, 4) is 11.5 Å². The highest BCUT2D eigenvalue weighted by atomic mass is 35.5. The Balaban J connectivity index is 1.53. The van der Waals surface area contributed by atoms with Gasteiger partial charge in [-0.25, -0.2) is 0 Å². The summed E-state index contributed by atoms with van der Waals surface area (Å²) in [5.74, 6) is -0.269. The van der Waals surface area contributed by atoms with Crippen molar-refractivity contribution >= 4 is 17.5 Å². The number of aromatic hydroxyl groups is 2. The second-order valence-corrected chi connectivity index (χ2v) is 9.51. The van der Waals surface area contributed by atoms with Gasteiger partial charge in [0.25, 0.3) is 0 Å². The van der Waals surface area contributed by atoms with Crippen molar-refractivity contribution in [1.29, 1.82) is 0 Å². The van der Waals surface area contributed by atoms with Crippen LogP contribution in [0.2, 0.25) is 5.02 Å². The fourth-order valence-corrected chi connectivity index (χ4v) is 4.01. The largest absolute Gasteiger partial charge is 0.508 e. The van der Waals surface area contributed by atoms with Crippen LogP contribution in [-0.2, 0) is 24.2 Å². The van der Waals surface area contributed by atoms with Crippen LogP contribution in [0.3, 0.4) is 0 Å². The van der Waals surface area contributed by atoms with Gasteiger partial charge < -0.3 is 26.0 Å². The summed E-state index contributed by atoms with van der Waals surface area (Å²) >= 11 is 6.15. The van der Waals surface area contributed by atoms with E-state index in [9.17, 15) is 20.1 Å². The van der Waals surface area contributed by atoms with E-state index in [1.54, 1.807) is 6.07 Å². The van der Waals surface area contributed by atoms with E-state index in [0.717, 1.165) is 16.7 Å². The van der Waals surface area contributed by atoms with Crippen molar-refractivity contribution in [2.45, 2.75) is 44.9 Å². The number of amides is 1. The molecule has 0 spiro atoms. The van der Waals surface area contributed by atoms with Gasteiger partial charge in [0.15, 0.2) is 0 Å². The SMILES string of the molecule is CC(C)(Cc1cccc(CC(=O)NCc2ccccc2Cl)c1)NC[C@H](O)c1cc(O)cc(O)c1. The van der Waals surface area contributed by atoms with Crippen LogP contribution in [-0.4, -0.2) is 33.3 Å². The van der Waals surface area contributed by atoms with Crippen molar-refractivity contribution in [2.75, 3.05) is 6.54 Å². The number of phenolic OH excluding ortho intramolecular Hbond substituents is 2. The van der Waals surface area contributed by atoms with Gasteiger partial charge in [-0.2, -0.15) is 0 Å². The highest BCUT2D eigenvalue weighted by Crippen LogP contribution is 2.25. The van der Waals surface area contributed by atoms with Gasteiger partial charge in [0.05, 0.1) is 12.5 Å². The minimum absolute atomic E-state index is 0.0769. The Hall–Kier alpha value is -3.06. The average molecular weight is 483 g/mol. The van der Waals surface area contributed by atoms with E-state index in [4.69, 9.17) is 11.6 Å². The lowest BCUT2D eigenvalue weighted by Gasteiger charge is -2.28. The predicted octanol–water partition coefficient (Wildman–Crippen LogP) is 4.25. The van der Waals surface area contributed by atoms with Crippen LogP contribution in [0, 0.1) is 0 Å². The third-order valence-electron chi connectivity index (χ3n) is 5.52. The Morgan fingerprint density at radius 3 is 2.35 bits per heavy atom. The molecule has 0 aliphatic rings. The van der Waals surface area contributed by atoms with Gasteiger partial charge in [-0.1, -0.05) is 54.1 Å². The average Bonchev–Trinajstić information content (AvgIpc) is 2.76. The number of aliphatic hydroxyl groups excluding tert-OH is 1. The first-order valence-corrected chi connectivity index (χ1v) is 11.5. The molecule has 0 fully saturated rings. The zero-order valence-corrected chi connectivity index (χ0v) is 20.1. The molecule has 0 heterocycles. The van der Waals surface area contributed by atoms with Crippen LogP contribution in [0.25, 0.3) is 0 Å². The Morgan fingerprint density at radius 2 is 1.65 bits per heavy atom. The monoisotopic (exact) mass is 482 g/mol. The van der Waals surface area contributed by atoms with Crippen molar-refractivity contribution < 1.29 is 20.1 Å². The first-order valence-electron chi connectivity index (χ1n) is 11.2. The van der Waals surface area contributed by atoms with Crippen molar-refractivity contribution in [2.24, 2.45) is 0 Å². The van der Waals surface area contributed by atoms with E-state index in [0.29, 0.717) is 23.6 Å². The zero-order chi connectivity index (χ0) is 24.7. The van der Waals surface area contributed by atoms with Gasteiger partial charge >= 0.3 is 0 Å². The summed E-state index contributed by atoms with van der Waals surface area (Å²) in [6.07, 6.45) is 0.0665. The van der Waals surface area contributed by atoms with Crippen LogP contribution < -0.4 is 10.6 Å². The number of hydrogen-bond donors (Lipinski definition) is 5. The number of nitrogens with one attached hydrogen (secondary N) is 2. The summed E-state index contributed by atoms with van der Waals surface area (Å²) in [5, 5.41) is 36.6. The Morgan fingerprint density at radius 1 is 0.971 bits per heavy atom. The molecule has 0 saturated carbocycles. The van der Waals surface area contributed by atoms with Crippen LogP contribution in [0.15, 0.2) is 66.7 Å². The molecule has 1 atom stereocenters. The van der Waals surface area contributed by atoms with Crippen LogP contribution in [0.5, 0.6) is 11.5 Å². The Labute approximate surface area is 205 Å². The number of β-amino-alcohol motifs (C(OH)–C–C–N with tert-alkyl or cyclic N) is 1. The second-order valence-electron chi connectivity index (χ2n) is 9.10. The summed E-state index contributed by atoms with van der Waals surface area (Å²) in [6.45, 7) is 4.69. The summed E-state index contributed by atoms with van der Waals surface area (Å²) < 4.78 is 0. The number of carbonyl (C=O) groups excluding carboxylic acids is 1. The molecular weight excluding hydrogens is 452 g/mol. The number of hydrogen-bond acceptors (Lipinski definition) is 5. The normalized spacial score (nSPS) is 12.4. The third kappa shape index (κ3) is 7.76. The summed E-state index contributed by atoms with van der Waals surface area (Å²) in [4.78, 5) is 12.4. The van der Waals surface area contributed by atoms with Crippen LogP contribution >= 0.6 is 11.6 Å². The lowest BCUT2D eigenvalue weighted by molar-refractivity contribution is -0.120. The molecular formula is C27H31ClN2O4. The standard InChI is InChI=1S/C27H31ClN2O4/c1-27(2,30-17-25(33)21-12-22(31)14-23(32)13-21)15-19-7-5-6-18(10-19)11-26(34)29-16-20-8-3-4-9-24(20)28/h3-10,12-14,25,30-33H,11,15-17H2,1-2H3,(H,29,34)/t25-/m0/s1. The van der Waals surface area contributed by atoms with E-state index in [2.05, 4.69) is 10.6 Å². The van der Waals surface area contributed by atoms with Gasteiger partial charge in [-0.3, -0.25) is 4.79 Å². The molecule has 180 valence electrons. The summed E-state index contributed by atoms with van der Waals surface area (Å²) in [6, 6.07) is 19.4. The number of carbonyl (C=O) groups is 1. The Kier molecular flexibility index (Phi) is 8.56. The van der Waals surface area contributed by atoms with Gasteiger partial charge in [0, 0.05) is 29.7 Å².